The van der Waals surface area contributed by atoms with E-state index in [4.69, 9.17) is 4.74 Å². The van der Waals surface area contributed by atoms with Crippen LogP contribution in [-0.4, -0.2) is 37.6 Å². The third-order valence-electron chi connectivity index (χ3n) is 3.03. The van der Waals surface area contributed by atoms with Crippen LogP contribution in [0, 0.1) is 5.82 Å². The highest BCUT2D eigenvalue weighted by molar-refractivity contribution is 5.77. The number of carbonyl (C=O) groups excluding carboxylic acids is 1. The fraction of sp³-hybridized carbons (Fsp3) is 0.533. The lowest BCUT2D eigenvalue weighted by Crippen LogP contribution is -2.31. The lowest BCUT2D eigenvalue weighted by Gasteiger charge is -2.17. The molecule has 1 rings (SSSR count). The van der Waals surface area contributed by atoms with Crippen LogP contribution in [0.1, 0.15) is 25.8 Å². The summed E-state index contributed by atoms with van der Waals surface area (Å²) < 4.78 is 19.2. The zero-order valence-corrected chi connectivity index (χ0v) is 12.4. The zero-order valence-electron chi connectivity index (χ0n) is 12.4. The van der Waals surface area contributed by atoms with Crippen molar-refractivity contribution < 1.29 is 13.9 Å². The SMILES string of the molecule is CCCNCc1cccc(F)c1OCC(=O)N(C)CC. The van der Waals surface area contributed by atoms with Crippen molar-refractivity contribution in [3.8, 4) is 5.75 Å². The fourth-order valence-electron chi connectivity index (χ4n) is 1.67. The maximum Gasteiger partial charge on any atom is 0.260 e. The molecule has 0 fully saturated rings. The summed E-state index contributed by atoms with van der Waals surface area (Å²) in [6.45, 7) is 5.78. The average molecular weight is 282 g/mol. The molecule has 0 unspecified atom stereocenters. The zero-order chi connectivity index (χ0) is 15.0. The number of hydrogen-bond donors (Lipinski definition) is 1. The largest absolute Gasteiger partial charge is 0.480 e. The number of rotatable bonds is 8. The molecule has 0 atom stereocenters. The van der Waals surface area contributed by atoms with Crippen LogP contribution in [0.3, 0.4) is 0 Å². The van der Waals surface area contributed by atoms with Crippen LogP contribution in [0.4, 0.5) is 4.39 Å². The first kappa shape index (κ1) is 16.4. The van der Waals surface area contributed by atoms with Crippen LogP contribution in [0.2, 0.25) is 0 Å². The number of para-hydroxylation sites is 1. The van der Waals surface area contributed by atoms with Crippen LogP contribution >= 0.6 is 0 Å². The predicted octanol–water partition coefficient (Wildman–Crippen LogP) is 2.18. The smallest absolute Gasteiger partial charge is 0.260 e. The quantitative estimate of drug-likeness (QED) is 0.743. The van der Waals surface area contributed by atoms with Crippen LogP contribution in [0.15, 0.2) is 18.2 Å². The molecule has 0 radical (unpaired) electrons. The van der Waals surface area contributed by atoms with Crippen LogP contribution < -0.4 is 10.1 Å². The molecule has 1 aromatic carbocycles. The van der Waals surface area contributed by atoms with Crippen molar-refractivity contribution in [2.45, 2.75) is 26.8 Å². The molecule has 112 valence electrons. The molecule has 0 aliphatic carbocycles. The van der Waals surface area contributed by atoms with Gasteiger partial charge in [-0.2, -0.15) is 0 Å². The van der Waals surface area contributed by atoms with Crippen molar-refractivity contribution in [2.75, 3.05) is 26.7 Å². The topological polar surface area (TPSA) is 41.6 Å². The minimum Gasteiger partial charge on any atom is -0.480 e. The molecular weight excluding hydrogens is 259 g/mol. The van der Waals surface area contributed by atoms with E-state index in [1.165, 1.54) is 11.0 Å². The van der Waals surface area contributed by atoms with Crippen molar-refractivity contribution in [3.63, 3.8) is 0 Å². The number of halogens is 1. The molecule has 1 aromatic rings. The molecule has 0 aliphatic heterocycles. The molecule has 0 aliphatic rings. The first-order valence-corrected chi connectivity index (χ1v) is 6.95. The van der Waals surface area contributed by atoms with Gasteiger partial charge in [-0.25, -0.2) is 4.39 Å². The molecular formula is C15H23FN2O2. The molecule has 1 N–H and O–H groups in total. The summed E-state index contributed by atoms with van der Waals surface area (Å²) in [7, 11) is 1.69. The van der Waals surface area contributed by atoms with Crippen LogP contribution in [0.25, 0.3) is 0 Å². The normalized spacial score (nSPS) is 10.4. The predicted molar refractivity (Wildman–Crippen MR) is 77.2 cm³/mol. The van der Waals surface area contributed by atoms with E-state index in [1.54, 1.807) is 19.2 Å². The van der Waals surface area contributed by atoms with Gasteiger partial charge >= 0.3 is 0 Å². The molecule has 0 heterocycles. The van der Waals surface area contributed by atoms with Gasteiger partial charge in [0.1, 0.15) is 0 Å². The molecule has 0 spiro atoms. The van der Waals surface area contributed by atoms with E-state index < -0.39 is 5.82 Å². The Hall–Kier alpha value is -1.62. The van der Waals surface area contributed by atoms with Gasteiger partial charge in [0, 0.05) is 25.7 Å². The summed E-state index contributed by atoms with van der Waals surface area (Å²) in [6, 6.07) is 4.78. The standard InChI is InChI=1S/C15H23FN2O2/c1-4-9-17-10-12-7-6-8-13(16)15(12)20-11-14(19)18(3)5-2/h6-8,17H,4-5,9-11H2,1-3H3. The van der Waals surface area contributed by atoms with E-state index in [9.17, 15) is 9.18 Å². The Morgan fingerprint density at radius 3 is 2.80 bits per heavy atom. The minimum absolute atomic E-state index is 0.147. The Kier molecular flexibility index (Phi) is 7.01. The number of amides is 1. The van der Waals surface area contributed by atoms with E-state index in [0.29, 0.717) is 13.1 Å². The van der Waals surface area contributed by atoms with E-state index in [2.05, 4.69) is 12.2 Å². The maximum absolute atomic E-state index is 13.8. The summed E-state index contributed by atoms with van der Waals surface area (Å²) in [5.74, 6) is -0.440. The van der Waals surface area contributed by atoms with Crippen molar-refractivity contribution in [2.24, 2.45) is 0 Å². The van der Waals surface area contributed by atoms with Gasteiger partial charge in [0.05, 0.1) is 0 Å². The third-order valence-corrected chi connectivity index (χ3v) is 3.03. The number of carbonyl (C=O) groups is 1. The van der Waals surface area contributed by atoms with Crippen LogP contribution in [0.5, 0.6) is 5.75 Å². The summed E-state index contributed by atoms with van der Waals surface area (Å²) in [5.41, 5.74) is 0.727. The molecule has 0 saturated heterocycles. The number of likely N-dealkylation sites (N-methyl/N-ethyl adjacent to an activating group) is 1. The Balaban J connectivity index is 2.69. The molecule has 0 saturated carbocycles. The number of ether oxygens (including phenoxy) is 1. The fourth-order valence-corrected chi connectivity index (χ4v) is 1.67. The van der Waals surface area contributed by atoms with Gasteiger partial charge < -0.3 is 15.0 Å². The maximum atomic E-state index is 13.8. The Bertz CT molecular complexity index is 438. The van der Waals surface area contributed by atoms with E-state index in [-0.39, 0.29) is 18.3 Å². The highest BCUT2D eigenvalue weighted by atomic mass is 19.1. The van der Waals surface area contributed by atoms with E-state index in [1.807, 2.05) is 6.92 Å². The molecule has 5 heteroatoms. The van der Waals surface area contributed by atoms with Gasteiger partial charge in [-0.05, 0) is 26.0 Å². The molecule has 0 bridgehead atoms. The van der Waals surface area contributed by atoms with Crippen molar-refractivity contribution >= 4 is 5.91 Å². The highest BCUT2D eigenvalue weighted by Crippen LogP contribution is 2.22. The van der Waals surface area contributed by atoms with E-state index >= 15 is 0 Å². The van der Waals surface area contributed by atoms with Crippen molar-refractivity contribution in [1.29, 1.82) is 0 Å². The lowest BCUT2D eigenvalue weighted by molar-refractivity contribution is -0.131. The van der Waals surface area contributed by atoms with Crippen molar-refractivity contribution in [3.05, 3.63) is 29.6 Å². The molecule has 1 amide bonds. The second kappa shape index (κ2) is 8.53. The van der Waals surface area contributed by atoms with E-state index in [0.717, 1.165) is 18.5 Å². The minimum atomic E-state index is -0.437. The first-order valence-electron chi connectivity index (χ1n) is 6.95. The monoisotopic (exact) mass is 282 g/mol. The van der Waals surface area contributed by atoms with Crippen molar-refractivity contribution in [1.82, 2.24) is 10.2 Å². The summed E-state index contributed by atoms with van der Waals surface area (Å²) in [6.07, 6.45) is 1.01. The van der Waals surface area contributed by atoms with Gasteiger partial charge in [0.25, 0.3) is 5.91 Å². The summed E-state index contributed by atoms with van der Waals surface area (Å²) >= 11 is 0. The Labute approximate surface area is 119 Å². The molecule has 4 nitrogen and oxygen atoms in total. The molecule has 20 heavy (non-hydrogen) atoms. The molecule has 0 aromatic heterocycles. The second-order valence-electron chi connectivity index (χ2n) is 4.60. The van der Waals surface area contributed by atoms with Gasteiger partial charge in [-0.3, -0.25) is 4.79 Å². The average Bonchev–Trinajstić information content (AvgIpc) is 2.45. The Morgan fingerprint density at radius 2 is 2.15 bits per heavy atom. The number of nitrogens with zero attached hydrogens (tertiary/aromatic N) is 1. The summed E-state index contributed by atoms with van der Waals surface area (Å²) in [5, 5.41) is 3.20. The van der Waals surface area contributed by atoms with Gasteiger partial charge in [-0.15, -0.1) is 0 Å². The number of benzene rings is 1. The highest BCUT2D eigenvalue weighted by Gasteiger charge is 2.13. The van der Waals surface area contributed by atoms with Gasteiger partial charge in [0.15, 0.2) is 18.2 Å². The second-order valence-corrected chi connectivity index (χ2v) is 4.60. The number of nitrogens with one attached hydrogen (secondary N) is 1. The summed E-state index contributed by atoms with van der Waals surface area (Å²) in [4.78, 5) is 13.2. The number of hydrogen-bond acceptors (Lipinski definition) is 3. The lowest BCUT2D eigenvalue weighted by atomic mass is 10.2. The first-order chi connectivity index (χ1) is 9.60. The van der Waals surface area contributed by atoms with Gasteiger partial charge in [0.2, 0.25) is 0 Å². The van der Waals surface area contributed by atoms with Gasteiger partial charge in [-0.1, -0.05) is 19.1 Å². The Morgan fingerprint density at radius 1 is 1.40 bits per heavy atom. The van der Waals surface area contributed by atoms with Crippen LogP contribution in [-0.2, 0) is 11.3 Å². The third kappa shape index (κ3) is 4.81.